The lowest BCUT2D eigenvalue weighted by atomic mass is 10.3. The third-order valence-corrected chi connectivity index (χ3v) is 4.56. The molecule has 0 aliphatic carbocycles. The molecule has 0 bridgehead atoms. The number of fused-ring (bicyclic) bond motifs is 1. The third-order valence-electron chi connectivity index (χ3n) is 4.56. The zero-order valence-electron chi connectivity index (χ0n) is 15.8. The van der Waals surface area contributed by atoms with Gasteiger partial charge >= 0.3 is 6.55 Å². The molecule has 0 unspecified atom stereocenters. The quantitative estimate of drug-likeness (QED) is 0.517. The molecule has 29 heavy (non-hydrogen) atoms. The second kappa shape index (κ2) is 7.42. The van der Waals surface area contributed by atoms with Gasteiger partial charge in [0.1, 0.15) is 5.82 Å². The SMILES string of the molecule is Cc1nn(-c2ccccc2)nc1C(=O)N(C)Cc1nc2ccccc2n1C(F)F. The summed E-state index contributed by atoms with van der Waals surface area (Å²) >= 11 is 0. The molecule has 0 N–H and O–H groups in total. The van der Waals surface area contributed by atoms with Crippen LogP contribution in [0, 0.1) is 6.92 Å². The zero-order valence-corrected chi connectivity index (χ0v) is 15.8. The fourth-order valence-electron chi connectivity index (χ4n) is 3.14. The van der Waals surface area contributed by atoms with Crippen molar-refractivity contribution in [3.8, 4) is 5.69 Å². The van der Waals surface area contributed by atoms with E-state index in [0.29, 0.717) is 16.7 Å². The minimum atomic E-state index is -2.76. The first-order valence-corrected chi connectivity index (χ1v) is 8.94. The van der Waals surface area contributed by atoms with Crippen molar-refractivity contribution in [2.24, 2.45) is 0 Å². The summed E-state index contributed by atoms with van der Waals surface area (Å²) in [4.78, 5) is 19.9. The Morgan fingerprint density at radius 2 is 1.76 bits per heavy atom. The first kappa shape index (κ1) is 18.7. The van der Waals surface area contributed by atoms with Crippen molar-refractivity contribution >= 4 is 16.9 Å². The van der Waals surface area contributed by atoms with E-state index in [2.05, 4.69) is 15.2 Å². The summed E-state index contributed by atoms with van der Waals surface area (Å²) in [6.07, 6.45) is 0. The highest BCUT2D eigenvalue weighted by Gasteiger charge is 2.24. The zero-order chi connectivity index (χ0) is 20.5. The van der Waals surface area contributed by atoms with Gasteiger partial charge in [-0.1, -0.05) is 30.3 Å². The first-order chi connectivity index (χ1) is 14.0. The van der Waals surface area contributed by atoms with Crippen LogP contribution in [0.1, 0.15) is 28.6 Å². The van der Waals surface area contributed by atoms with Gasteiger partial charge in [-0.2, -0.15) is 18.7 Å². The predicted molar refractivity (Wildman–Crippen MR) is 103 cm³/mol. The summed E-state index contributed by atoms with van der Waals surface area (Å²) in [5.74, 6) is -0.317. The maximum atomic E-state index is 13.6. The Labute approximate surface area is 165 Å². The van der Waals surface area contributed by atoms with Crippen LogP contribution in [0.3, 0.4) is 0 Å². The van der Waals surface area contributed by atoms with Gasteiger partial charge in [0, 0.05) is 7.05 Å². The van der Waals surface area contributed by atoms with Crippen molar-refractivity contribution < 1.29 is 13.6 Å². The number of benzene rings is 2. The first-order valence-electron chi connectivity index (χ1n) is 8.94. The Balaban J connectivity index is 1.62. The average Bonchev–Trinajstić information content (AvgIpc) is 3.28. The Morgan fingerprint density at radius 1 is 1.07 bits per heavy atom. The number of hydrogen-bond acceptors (Lipinski definition) is 4. The van der Waals surface area contributed by atoms with Gasteiger partial charge < -0.3 is 4.90 Å². The number of rotatable bonds is 5. The maximum absolute atomic E-state index is 13.6. The van der Waals surface area contributed by atoms with Gasteiger partial charge in [-0.05, 0) is 31.2 Å². The maximum Gasteiger partial charge on any atom is 0.320 e. The number of para-hydroxylation sites is 3. The molecule has 2 heterocycles. The Kier molecular flexibility index (Phi) is 4.79. The molecule has 4 aromatic rings. The molecule has 7 nitrogen and oxygen atoms in total. The summed E-state index contributed by atoms with van der Waals surface area (Å²) in [6.45, 7) is -1.17. The predicted octanol–water partition coefficient (Wildman–Crippen LogP) is 3.59. The lowest BCUT2D eigenvalue weighted by molar-refractivity contribution is 0.0644. The molecule has 4 rings (SSSR count). The molecule has 0 saturated carbocycles. The van der Waals surface area contributed by atoms with Gasteiger partial charge in [0.2, 0.25) is 0 Å². The van der Waals surface area contributed by atoms with Crippen LogP contribution >= 0.6 is 0 Å². The van der Waals surface area contributed by atoms with Crippen molar-refractivity contribution in [2.45, 2.75) is 20.0 Å². The number of alkyl halides is 2. The fraction of sp³-hybridized carbons (Fsp3) is 0.200. The number of hydrogen-bond donors (Lipinski definition) is 0. The van der Waals surface area contributed by atoms with E-state index in [-0.39, 0.29) is 18.1 Å². The van der Waals surface area contributed by atoms with E-state index in [1.54, 1.807) is 31.2 Å². The molecule has 1 amide bonds. The van der Waals surface area contributed by atoms with E-state index in [1.165, 1.54) is 16.7 Å². The smallest absolute Gasteiger partial charge is 0.320 e. The summed E-state index contributed by atoms with van der Waals surface area (Å²) < 4.78 is 28.1. The van der Waals surface area contributed by atoms with E-state index in [0.717, 1.165) is 10.3 Å². The van der Waals surface area contributed by atoms with E-state index in [4.69, 9.17) is 0 Å². The normalized spacial score (nSPS) is 11.3. The number of aromatic nitrogens is 5. The van der Waals surface area contributed by atoms with E-state index in [1.807, 2.05) is 30.3 Å². The van der Waals surface area contributed by atoms with E-state index >= 15 is 0 Å². The van der Waals surface area contributed by atoms with Gasteiger partial charge in [0.05, 0.1) is 29.0 Å². The van der Waals surface area contributed by atoms with Crippen molar-refractivity contribution in [3.63, 3.8) is 0 Å². The van der Waals surface area contributed by atoms with Crippen LogP contribution in [0.2, 0.25) is 0 Å². The standard InChI is InChI=1S/C20H18F2N6O/c1-13-18(25-28(24-13)14-8-4-3-5-9-14)19(29)26(2)12-17-23-15-10-6-7-11-16(15)27(17)20(21)22/h3-11,20H,12H2,1-2H3. The van der Waals surface area contributed by atoms with Crippen LogP contribution in [0.5, 0.6) is 0 Å². The van der Waals surface area contributed by atoms with Gasteiger partial charge in [0.15, 0.2) is 5.69 Å². The molecule has 2 aromatic carbocycles. The highest BCUT2D eigenvalue weighted by atomic mass is 19.3. The minimum absolute atomic E-state index is 0.0878. The molecule has 2 aromatic heterocycles. The van der Waals surface area contributed by atoms with E-state index < -0.39 is 12.5 Å². The van der Waals surface area contributed by atoms with E-state index in [9.17, 15) is 13.6 Å². The van der Waals surface area contributed by atoms with Gasteiger partial charge in [-0.15, -0.1) is 5.10 Å². The van der Waals surface area contributed by atoms with Crippen LogP contribution in [-0.2, 0) is 6.54 Å². The molecule has 0 aliphatic heterocycles. The lowest BCUT2D eigenvalue weighted by Gasteiger charge is -2.16. The number of amides is 1. The van der Waals surface area contributed by atoms with Crippen LogP contribution in [0.25, 0.3) is 16.7 Å². The minimum Gasteiger partial charge on any atom is -0.333 e. The van der Waals surface area contributed by atoms with Crippen molar-refractivity contribution in [1.82, 2.24) is 29.4 Å². The topological polar surface area (TPSA) is 68.8 Å². The number of halogens is 2. The highest BCUT2D eigenvalue weighted by Crippen LogP contribution is 2.24. The molecule has 9 heteroatoms. The number of nitrogens with zero attached hydrogens (tertiary/aromatic N) is 6. The van der Waals surface area contributed by atoms with Crippen LogP contribution in [0.15, 0.2) is 54.6 Å². The van der Waals surface area contributed by atoms with Crippen molar-refractivity contribution in [2.75, 3.05) is 7.05 Å². The molecule has 0 saturated heterocycles. The molecular formula is C20H18F2N6O. The molecule has 0 atom stereocenters. The van der Waals surface area contributed by atoms with Crippen molar-refractivity contribution in [1.29, 1.82) is 0 Å². The molecule has 0 aliphatic rings. The summed E-state index contributed by atoms with van der Waals surface area (Å²) in [5, 5.41) is 8.57. The Hall–Kier alpha value is -3.62. The van der Waals surface area contributed by atoms with Crippen molar-refractivity contribution in [3.05, 3.63) is 71.8 Å². The van der Waals surface area contributed by atoms with Gasteiger partial charge in [0.25, 0.3) is 5.91 Å². The average molecular weight is 396 g/mol. The number of carbonyl (C=O) groups is 1. The second-order valence-corrected chi connectivity index (χ2v) is 6.58. The Bertz CT molecular complexity index is 1170. The molecule has 0 spiro atoms. The summed E-state index contributed by atoms with van der Waals surface area (Å²) in [7, 11) is 1.53. The van der Waals surface area contributed by atoms with Gasteiger partial charge in [-0.3, -0.25) is 9.36 Å². The monoisotopic (exact) mass is 396 g/mol. The van der Waals surface area contributed by atoms with Crippen LogP contribution < -0.4 is 0 Å². The molecule has 0 radical (unpaired) electrons. The third kappa shape index (κ3) is 3.46. The van der Waals surface area contributed by atoms with Crippen LogP contribution in [-0.4, -0.2) is 42.4 Å². The number of imidazole rings is 1. The number of carbonyl (C=O) groups excluding carboxylic acids is 1. The highest BCUT2D eigenvalue weighted by molar-refractivity contribution is 5.93. The van der Waals surface area contributed by atoms with Crippen LogP contribution in [0.4, 0.5) is 8.78 Å². The molecule has 0 fully saturated rings. The Morgan fingerprint density at radius 3 is 2.48 bits per heavy atom. The van der Waals surface area contributed by atoms with Gasteiger partial charge in [-0.25, -0.2) is 4.98 Å². The summed E-state index contributed by atoms with van der Waals surface area (Å²) in [5.41, 5.74) is 2.11. The largest absolute Gasteiger partial charge is 0.333 e. The summed E-state index contributed by atoms with van der Waals surface area (Å²) in [6, 6.07) is 15.8. The fourth-order valence-corrected chi connectivity index (χ4v) is 3.14. The number of aryl methyl sites for hydroxylation is 1. The lowest BCUT2D eigenvalue weighted by Crippen LogP contribution is -2.29. The second-order valence-electron chi connectivity index (χ2n) is 6.58. The molecular weight excluding hydrogens is 378 g/mol. The molecule has 148 valence electrons.